The standard InChI is InChI=1S/C35H48N4O6/c1-19-27-18-39(29(19)20(2)40)32(41)30(34(3,4)5)38-33(42)45-35(6)15-9-12-22(35)11-8-10-21-16-24(21)28-31(44-27)37-26-17-23(43-7)13-14-25(26)36-28/h13-14,17,19,21-22,24,27,29-30H,8-12,15-16,18H2,1-7H3,(H,38,42)/t19-,21?,22-,24?,27+,29+,30-,35-/m1/s1. The van der Waals surface area contributed by atoms with Crippen molar-refractivity contribution in [1.82, 2.24) is 20.2 Å². The summed E-state index contributed by atoms with van der Waals surface area (Å²) in [6.07, 6.45) is 5.87. The van der Waals surface area contributed by atoms with E-state index in [4.69, 9.17) is 24.2 Å². The van der Waals surface area contributed by atoms with Crippen LogP contribution in [0.4, 0.5) is 4.79 Å². The van der Waals surface area contributed by atoms with E-state index in [1.165, 1.54) is 6.92 Å². The summed E-state index contributed by atoms with van der Waals surface area (Å²) in [5.41, 5.74) is 1.10. The zero-order valence-electron chi connectivity index (χ0n) is 27.7. The summed E-state index contributed by atoms with van der Waals surface area (Å²) >= 11 is 0. The van der Waals surface area contributed by atoms with Gasteiger partial charge >= 0.3 is 6.09 Å². The second kappa shape index (κ2) is 11.7. The van der Waals surface area contributed by atoms with Gasteiger partial charge in [-0.15, -0.1) is 0 Å². The van der Waals surface area contributed by atoms with Crippen molar-refractivity contribution in [3.63, 3.8) is 0 Å². The number of Topliss-reactive ketones (excluding diaryl/α,β-unsaturated/α-hetero) is 1. The summed E-state index contributed by atoms with van der Waals surface area (Å²) in [6, 6.07) is 4.08. The van der Waals surface area contributed by atoms with Gasteiger partial charge in [-0.3, -0.25) is 9.59 Å². The Morgan fingerprint density at radius 1 is 1.11 bits per heavy atom. The molecule has 2 amide bonds. The number of carbonyl (C=O) groups excluding carboxylic acids is 3. The van der Waals surface area contributed by atoms with E-state index in [0.29, 0.717) is 23.1 Å². The number of ketones is 1. The van der Waals surface area contributed by atoms with Crippen LogP contribution in [0.25, 0.3) is 11.0 Å². The van der Waals surface area contributed by atoms with Crippen molar-refractivity contribution in [1.29, 1.82) is 0 Å². The van der Waals surface area contributed by atoms with Gasteiger partial charge in [0.05, 0.1) is 30.7 Å². The largest absolute Gasteiger partial charge is 0.497 e. The smallest absolute Gasteiger partial charge is 0.408 e. The first-order chi connectivity index (χ1) is 21.3. The molecule has 10 heteroatoms. The molecule has 1 N–H and O–H groups in total. The summed E-state index contributed by atoms with van der Waals surface area (Å²) < 4.78 is 18.3. The number of hydrogen-bond donors (Lipinski definition) is 1. The normalized spacial score (nSPS) is 33.9. The number of nitrogens with zero attached hydrogens (tertiary/aromatic N) is 3. The molecule has 6 rings (SSSR count). The number of carbonyl (C=O) groups is 3. The molecule has 45 heavy (non-hydrogen) atoms. The van der Waals surface area contributed by atoms with Crippen LogP contribution < -0.4 is 14.8 Å². The summed E-state index contributed by atoms with van der Waals surface area (Å²) in [5, 5.41) is 2.93. The molecule has 2 saturated carbocycles. The number of hydrogen-bond acceptors (Lipinski definition) is 8. The van der Waals surface area contributed by atoms with Crippen LogP contribution in [-0.4, -0.2) is 70.1 Å². The lowest BCUT2D eigenvalue weighted by Gasteiger charge is -2.37. The van der Waals surface area contributed by atoms with Gasteiger partial charge < -0.3 is 24.4 Å². The van der Waals surface area contributed by atoms with Crippen molar-refractivity contribution in [2.75, 3.05) is 13.7 Å². The number of amides is 2. The summed E-state index contributed by atoms with van der Waals surface area (Å²) in [7, 11) is 1.62. The molecule has 1 saturated heterocycles. The van der Waals surface area contributed by atoms with E-state index in [9.17, 15) is 14.4 Å². The Balaban J connectivity index is 1.40. The Morgan fingerprint density at radius 3 is 2.58 bits per heavy atom. The lowest BCUT2D eigenvalue weighted by Crippen LogP contribution is -2.57. The van der Waals surface area contributed by atoms with Crippen molar-refractivity contribution in [3.05, 3.63) is 23.9 Å². The molecule has 0 spiro atoms. The van der Waals surface area contributed by atoms with Crippen molar-refractivity contribution in [3.8, 4) is 11.6 Å². The van der Waals surface area contributed by atoms with E-state index in [1.54, 1.807) is 12.0 Å². The predicted molar refractivity (Wildman–Crippen MR) is 169 cm³/mol. The lowest BCUT2D eigenvalue weighted by molar-refractivity contribution is -0.141. The summed E-state index contributed by atoms with van der Waals surface area (Å²) in [5.74, 6) is 1.38. The van der Waals surface area contributed by atoms with E-state index in [-0.39, 0.29) is 36.0 Å². The maximum absolute atomic E-state index is 14.3. The van der Waals surface area contributed by atoms with Gasteiger partial charge in [0.2, 0.25) is 11.8 Å². The van der Waals surface area contributed by atoms with E-state index < -0.39 is 35.3 Å². The van der Waals surface area contributed by atoms with Crippen molar-refractivity contribution < 1.29 is 28.6 Å². The fourth-order valence-corrected chi connectivity index (χ4v) is 8.05. The summed E-state index contributed by atoms with van der Waals surface area (Å²) in [4.78, 5) is 52.5. The highest BCUT2D eigenvalue weighted by molar-refractivity contribution is 5.92. The third-order valence-corrected chi connectivity index (χ3v) is 10.8. The zero-order chi connectivity index (χ0) is 32.3. The highest BCUT2D eigenvalue weighted by atomic mass is 16.6. The van der Waals surface area contributed by atoms with Crippen LogP contribution in [0, 0.1) is 23.2 Å². The minimum absolute atomic E-state index is 0.124. The first-order valence-corrected chi connectivity index (χ1v) is 16.6. The van der Waals surface area contributed by atoms with Crippen molar-refractivity contribution in [2.45, 2.75) is 116 Å². The van der Waals surface area contributed by atoms with Crippen LogP contribution >= 0.6 is 0 Å². The van der Waals surface area contributed by atoms with Crippen LogP contribution in [0.3, 0.4) is 0 Å². The van der Waals surface area contributed by atoms with Gasteiger partial charge in [0, 0.05) is 17.9 Å². The third kappa shape index (κ3) is 6.09. The Labute approximate surface area is 266 Å². The van der Waals surface area contributed by atoms with Gasteiger partial charge in [0.15, 0.2) is 5.78 Å². The molecule has 2 aromatic rings. The van der Waals surface area contributed by atoms with Crippen molar-refractivity contribution >= 4 is 28.8 Å². The molecule has 3 fully saturated rings. The van der Waals surface area contributed by atoms with Crippen LogP contribution in [-0.2, 0) is 14.3 Å². The van der Waals surface area contributed by atoms with Gasteiger partial charge in [-0.25, -0.2) is 14.8 Å². The third-order valence-electron chi connectivity index (χ3n) is 10.8. The number of fused-ring (bicyclic) bond motifs is 7. The molecular weight excluding hydrogens is 572 g/mol. The van der Waals surface area contributed by atoms with Gasteiger partial charge in [-0.05, 0) is 81.8 Å². The molecule has 4 aliphatic rings. The molecule has 244 valence electrons. The number of alkyl carbamates (subject to hydrolysis) is 1. The van der Waals surface area contributed by atoms with Gasteiger partial charge in [-0.2, -0.15) is 0 Å². The molecular formula is C35H48N4O6. The number of rotatable bonds is 2. The number of aromatic nitrogens is 2. The minimum Gasteiger partial charge on any atom is -0.497 e. The molecule has 8 atom stereocenters. The molecule has 10 nitrogen and oxygen atoms in total. The highest BCUT2D eigenvalue weighted by Gasteiger charge is 2.51. The molecule has 1 aromatic heterocycles. The van der Waals surface area contributed by atoms with Gasteiger partial charge in [0.25, 0.3) is 0 Å². The molecule has 2 unspecified atom stereocenters. The maximum atomic E-state index is 14.3. The lowest BCUT2D eigenvalue weighted by atomic mass is 9.85. The second-order valence-electron chi connectivity index (χ2n) is 15.1. The molecule has 1 aromatic carbocycles. The fourth-order valence-electron chi connectivity index (χ4n) is 8.05. The molecule has 2 aliphatic heterocycles. The Morgan fingerprint density at radius 2 is 1.87 bits per heavy atom. The number of methoxy groups -OCH3 is 1. The Bertz CT molecular complexity index is 1490. The van der Waals surface area contributed by atoms with E-state index in [2.05, 4.69) is 5.32 Å². The average molecular weight is 621 g/mol. The molecule has 2 bridgehead atoms. The van der Waals surface area contributed by atoms with E-state index in [0.717, 1.165) is 56.2 Å². The van der Waals surface area contributed by atoms with E-state index >= 15 is 0 Å². The van der Waals surface area contributed by atoms with Gasteiger partial charge in [-0.1, -0.05) is 34.1 Å². The van der Waals surface area contributed by atoms with Gasteiger partial charge in [0.1, 0.15) is 29.2 Å². The average Bonchev–Trinajstić information content (AvgIpc) is 3.54. The second-order valence-corrected chi connectivity index (χ2v) is 15.1. The monoisotopic (exact) mass is 620 g/mol. The minimum atomic E-state index is -0.893. The van der Waals surface area contributed by atoms with Crippen molar-refractivity contribution in [2.24, 2.45) is 23.2 Å². The molecule has 0 radical (unpaired) electrons. The summed E-state index contributed by atoms with van der Waals surface area (Å²) in [6.45, 7) is 11.4. The first kappa shape index (κ1) is 31.5. The van der Waals surface area contributed by atoms with Crippen LogP contribution in [0.5, 0.6) is 11.6 Å². The fraction of sp³-hybridized carbons (Fsp3) is 0.686. The molecule has 2 aliphatic carbocycles. The van der Waals surface area contributed by atoms with Crippen LogP contribution in [0.2, 0.25) is 0 Å². The number of benzene rings is 1. The maximum Gasteiger partial charge on any atom is 0.408 e. The quantitative estimate of drug-likeness (QED) is 0.447. The Hall–Kier alpha value is -3.43. The predicted octanol–water partition coefficient (Wildman–Crippen LogP) is 5.81. The highest BCUT2D eigenvalue weighted by Crippen LogP contribution is 2.53. The van der Waals surface area contributed by atoms with Crippen LogP contribution in [0.15, 0.2) is 18.2 Å². The van der Waals surface area contributed by atoms with Crippen LogP contribution in [0.1, 0.15) is 98.1 Å². The topological polar surface area (TPSA) is 120 Å². The first-order valence-electron chi connectivity index (χ1n) is 16.6. The SMILES string of the molecule is COc1ccc2nc3c(nc2c1)O[C@H]1CN(C(=O)[C@H](C(C)(C)C)NC(=O)O[C@]2(C)CCC[C@H]2CCCC2CC32)[C@H](C(C)=O)[C@@H]1C. The number of ether oxygens (including phenoxy) is 3. The van der Waals surface area contributed by atoms with E-state index in [1.807, 2.05) is 52.8 Å². The zero-order valence-corrected chi connectivity index (χ0v) is 27.7. The Kier molecular flexibility index (Phi) is 8.23. The number of nitrogens with one attached hydrogen (secondary N) is 1. The molecule has 3 heterocycles.